The molecule has 0 unspecified atom stereocenters. The van der Waals surface area contributed by atoms with Crippen molar-refractivity contribution in [3.8, 4) is 0 Å². The molecule has 1 aliphatic heterocycles. The summed E-state index contributed by atoms with van der Waals surface area (Å²) in [5.74, 6) is -0.344. The second-order valence-corrected chi connectivity index (χ2v) is 7.82. The molecular formula is C25H27N3O2. The molecule has 0 bridgehead atoms. The van der Waals surface area contributed by atoms with Crippen LogP contribution in [0.2, 0.25) is 0 Å². The van der Waals surface area contributed by atoms with Crippen LogP contribution in [-0.4, -0.2) is 28.5 Å². The fraction of sp³-hybridized carbons (Fsp3) is 0.280. The van der Waals surface area contributed by atoms with Crippen LogP contribution < -0.4 is 10.9 Å². The number of rotatable bonds is 7. The van der Waals surface area contributed by atoms with Crippen LogP contribution in [0.25, 0.3) is 0 Å². The molecule has 154 valence electrons. The summed E-state index contributed by atoms with van der Waals surface area (Å²) in [5, 5.41) is 2.88. The van der Waals surface area contributed by atoms with Crippen molar-refractivity contribution in [2.24, 2.45) is 0 Å². The Kier molecular flexibility index (Phi) is 6.40. The fourth-order valence-electron chi connectivity index (χ4n) is 3.85. The van der Waals surface area contributed by atoms with Crippen molar-refractivity contribution in [2.75, 3.05) is 13.1 Å². The lowest BCUT2D eigenvalue weighted by Gasteiger charge is -2.14. The van der Waals surface area contributed by atoms with Crippen LogP contribution in [0.1, 0.15) is 39.9 Å². The first-order valence-electron chi connectivity index (χ1n) is 10.5. The monoisotopic (exact) mass is 401 g/mol. The van der Waals surface area contributed by atoms with Crippen molar-refractivity contribution >= 4 is 5.91 Å². The van der Waals surface area contributed by atoms with E-state index in [0.29, 0.717) is 13.1 Å². The number of hydrogen-bond acceptors (Lipinski definition) is 3. The van der Waals surface area contributed by atoms with E-state index in [2.05, 4.69) is 22.3 Å². The number of nitrogens with one attached hydrogen (secondary N) is 1. The maximum atomic E-state index is 12.7. The molecule has 0 atom stereocenters. The molecule has 5 heteroatoms. The van der Waals surface area contributed by atoms with E-state index in [-0.39, 0.29) is 17.0 Å². The van der Waals surface area contributed by atoms with E-state index in [1.807, 2.05) is 42.5 Å². The standard InChI is InChI=1S/C25H27N3O2/c29-24(23-9-6-16-28(25(23)30)19-21-7-2-1-3-8-21)26-17-20-10-12-22(13-11-20)18-27-14-4-5-15-27/h1-3,6-13,16H,4-5,14-15,17-19H2,(H,26,29). The zero-order valence-corrected chi connectivity index (χ0v) is 17.1. The maximum absolute atomic E-state index is 12.7. The quantitative estimate of drug-likeness (QED) is 0.660. The van der Waals surface area contributed by atoms with E-state index < -0.39 is 0 Å². The van der Waals surface area contributed by atoms with Gasteiger partial charge in [0.2, 0.25) is 0 Å². The smallest absolute Gasteiger partial charge is 0.263 e. The zero-order valence-electron chi connectivity index (χ0n) is 17.1. The Balaban J connectivity index is 1.37. The highest BCUT2D eigenvalue weighted by Crippen LogP contribution is 2.13. The molecule has 5 nitrogen and oxygen atoms in total. The molecule has 0 radical (unpaired) electrons. The first-order valence-corrected chi connectivity index (χ1v) is 10.5. The normalized spacial score (nSPS) is 14.0. The van der Waals surface area contributed by atoms with E-state index in [1.165, 1.54) is 31.5 Å². The summed E-state index contributed by atoms with van der Waals surface area (Å²) < 4.78 is 1.57. The third kappa shape index (κ3) is 5.05. The number of pyridine rings is 1. The molecule has 0 spiro atoms. The summed E-state index contributed by atoms with van der Waals surface area (Å²) in [6, 6.07) is 21.4. The lowest BCUT2D eigenvalue weighted by molar-refractivity contribution is 0.0949. The first kappa shape index (κ1) is 20.1. The minimum absolute atomic E-state index is 0.166. The average molecular weight is 402 g/mol. The topological polar surface area (TPSA) is 54.3 Å². The van der Waals surface area contributed by atoms with E-state index in [1.54, 1.807) is 22.9 Å². The van der Waals surface area contributed by atoms with Gasteiger partial charge in [0.15, 0.2) is 0 Å². The second kappa shape index (κ2) is 9.55. The average Bonchev–Trinajstić information content (AvgIpc) is 3.28. The summed E-state index contributed by atoms with van der Waals surface area (Å²) in [7, 11) is 0. The van der Waals surface area contributed by atoms with Gasteiger partial charge in [-0.1, -0.05) is 54.6 Å². The number of amides is 1. The van der Waals surface area contributed by atoms with Gasteiger partial charge in [0.05, 0.1) is 6.54 Å². The number of nitrogens with zero attached hydrogens (tertiary/aromatic N) is 2. The highest BCUT2D eigenvalue weighted by Gasteiger charge is 2.13. The molecule has 30 heavy (non-hydrogen) atoms. The summed E-state index contributed by atoms with van der Waals surface area (Å²) in [5.41, 5.74) is 3.22. The van der Waals surface area contributed by atoms with E-state index in [4.69, 9.17) is 0 Å². The van der Waals surface area contributed by atoms with Crippen LogP contribution in [0.3, 0.4) is 0 Å². The Bertz CT molecular complexity index is 1040. The molecular weight excluding hydrogens is 374 g/mol. The van der Waals surface area contributed by atoms with Gasteiger partial charge >= 0.3 is 0 Å². The molecule has 0 aliphatic carbocycles. The van der Waals surface area contributed by atoms with Gasteiger partial charge in [-0.25, -0.2) is 0 Å². The maximum Gasteiger partial charge on any atom is 0.263 e. The molecule has 1 saturated heterocycles. The molecule has 4 rings (SSSR count). The van der Waals surface area contributed by atoms with Crippen LogP contribution >= 0.6 is 0 Å². The van der Waals surface area contributed by atoms with Crippen molar-refractivity contribution in [1.29, 1.82) is 0 Å². The van der Waals surface area contributed by atoms with E-state index >= 15 is 0 Å². The van der Waals surface area contributed by atoms with E-state index in [0.717, 1.165) is 17.7 Å². The van der Waals surface area contributed by atoms with Crippen molar-refractivity contribution in [3.63, 3.8) is 0 Å². The minimum Gasteiger partial charge on any atom is -0.348 e. The molecule has 2 heterocycles. The third-order valence-electron chi connectivity index (χ3n) is 5.54. The Hall–Kier alpha value is -3.18. The molecule has 1 N–H and O–H groups in total. The number of hydrogen-bond donors (Lipinski definition) is 1. The highest BCUT2D eigenvalue weighted by molar-refractivity contribution is 5.93. The van der Waals surface area contributed by atoms with Gasteiger partial charge in [0, 0.05) is 19.3 Å². The van der Waals surface area contributed by atoms with Crippen LogP contribution in [0.15, 0.2) is 77.7 Å². The van der Waals surface area contributed by atoms with Gasteiger partial charge < -0.3 is 9.88 Å². The lowest BCUT2D eigenvalue weighted by atomic mass is 10.1. The fourth-order valence-corrected chi connectivity index (χ4v) is 3.85. The number of carbonyl (C=O) groups is 1. The number of carbonyl (C=O) groups excluding carboxylic acids is 1. The first-order chi connectivity index (χ1) is 14.7. The summed E-state index contributed by atoms with van der Waals surface area (Å²) in [6.07, 6.45) is 4.29. The minimum atomic E-state index is -0.344. The van der Waals surface area contributed by atoms with Crippen molar-refractivity contribution < 1.29 is 4.79 Å². The molecule has 1 aliphatic rings. The Morgan fingerprint density at radius 1 is 0.800 bits per heavy atom. The van der Waals surface area contributed by atoms with Crippen molar-refractivity contribution in [3.05, 3.63) is 106 Å². The lowest BCUT2D eigenvalue weighted by Crippen LogP contribution is -2.32. The van der Waals surface area contributed by atoms with Gasteiger partial charge in [-0.05, 0) is 54.8 Å². The predicted octanol–water partition coefficient (Wildman–Crippen LogP) is 3.42. The number of aromatic nitrogens is 1. The SMILES string of the molecule is O=C(NCc1ccc(CN2CCCC2)cc1)c1cccn(Cc2ccccc2)c1=O. The van der Waals surface area contributed by atoms with Crippen LogP contribution in [-0.2, 0) is 19.6 Å². The van der Waals surface area contributed by atoms with Gasteiger partial charge in [0.25, 0.3) is 11.5 Å². The Morgan fingerprint density at radius 2 is 1.47 bits per heavy atom. The van der Waals surface area contributed by atoms with Gasteiger partial charge in [-0.3, -0.25) is 14.5 Å². The molecule has 3 aromatic rings. The van der Waals surface area contributed by atoms with Crippen molar-refractivity contribution in [2.45, 2.75) is 32.5 Å². The third-order valence-corrected chi connectivity index (χ3v) is 5.54. The number of benzene rings is 2. The van der Waals surface area contributed by atoms with Gasteiger partial charge in [-0.2, -0.15) is 0 Å². The molecule has 0 saturated carbocycles. The van der Waals surface area contributed by atoms with E-state index in [9.17, 15) is 9.59 Å². The predicted molar refractivity (Wildman–Crippen MR) is 118 cm³/mol. The Labute approximate surface area is 177 Å². The summed E-state index contributed by atoms with van der Waals surface area (Å²) >= 11 is 0. The molecule has 1 amide bonds. The largest absolute Gasteiger partial charge is 0.348 e. The van der Waals surface area contributed by atoms with Gasteiger partial charge in [-0.15, -0.1) is 0 Å². The highest BCUT2D eigenvalue weighted by atomic mass is 16.2. The van der Waals surface area contributed by atoms with Crippen LogP contribution in [0, 0.1) is 0 Å². The number of likely N-dealkylation sites (tertiary alicyclic amines) is 1. The molecule has 1 fully saturated rings. The van der Waals surface area contributed by atoms with Crippen molar-refractivity contribution in [1.82, 2.24) is 14.8 Å². The molecule has 2 aromatic carbocycles. The van der Waals surface area contributed by atoms with Crippen LogP contribution in [0.4, 0.5) is 0 Å². The molecule has 1 aromatic heterocycles. The summed E-state index contributed by atoms with van der Waals surface area (Å²) in [4.78, 5) is 27.8. The van der Waals surface area contributed by atoms with Gasteiger partial charge in [0.1, 0.15) is 5.56 Å². The Morgan fingerprint density at radius 3 is 2.20 bits per heavy atom. The second-order valence-electron chi connectivity index (χ2n) is 7.82. The van der Waals surface area contributed by atoms with Crippen LogP contribution in [0.5, 0.6) is 0 Å². The zero-order chi connectivity index (χ0) is 20.8. The summed E-state index contributed by atoms with van der Waals surface area (Å²) in [6.45, 7) is 4.18.